The van der Waals surface area contributed by atoms with E-state index in [1.165, 1.54) is 24.8 Å². The Kier molecular flexibility index (Phi) is 6.53. The lowest BCUT2D eigenvalue weighted by Crippen LogP contribution is -2.46. The predicted octanol–water partition coefficient (Wildman–Crippen LogP) is 2.83. The van der Waals surface area contributed by atoms with Crippen LogP contribution in [-0.4, -0.2) is 30.3 Å². The van der Waals surface area contributed by atoms with Crippen molar-refractivity contribution in [3.63, 3.8) is 0 Å². The Balaban J connectivity index is 2.21. The maximum atomic E-state index is 11.7. The highest BCUT2D eigenvalue weighted by Crippen LogP contribution is 2.25. The van der Waals surface area contributed by atoms with Crippen LogP contribution in [-0.2, 0) is 0 Å². The molecule has 0 aromatic heterocycles. The number of carbonyl (C=O) groups is 1. The molecule has 0 heterocycles. The van der Waals surface area contributed by atoms with Crippen LogP contribution >= 0.6 is 0 Å². The summed E-state index contributed by atoms with van der Waals surface area (Å²) in [5, 5.41) is 15.8. The molecular formula is C16H30N2O2. The van der Waals surface area contributed by atoms with Gasteiger partial charge in [-0.2, -0.15) is 0 Å². The molecular weight excluding hydrogens is 252 g/mol. The molecule has 4 nitrogen and oxygen atoms in total. The number of rotatable bonds is 7. The molecule has 2 amide bonds. The highest BCUT2D eigenvalue weighted by molar-refractivity contribution is 5.73. The number of aliphatic hydroxyl groups is 1. The topological polar surface area (TPSA) is 61.4 Å². The summed E-state index contributed by atoms with van der Waals surface area (Å²) in [5.41, 5.74) is 1.14. The first kappa shape index (κ1) is 17.0. The Bertz CT molecular complexity index is 348. The highest BCUT2D eigenvalue weighted by Gasteiger charge is 2.30. The van der Waals surface area contributed by atoms with E-state index in [0.29, 0.717) is 13.1 Å². The average molecular weight is 282 g/mol. The Hall–Kier alpha value is -1.03. The van der Waals surface area contributed by atoms with Gasteiger partial charge in [0.2, 0.25) is 0 Å². The number of allylic oxidation sites excluding steroid dienone is 1. The molecule has 1 aliphatic rings. The molecule has 4 heteroatoms. The number of hydrogen-bond donors (Lipinski definition) is 3. The second-order valence-electron chi connectivity index (χ2n) is 6.79. The summed E-state index contributed by atoms with van der Waals surface area (Å²) in [7, 11) is 0. The zero-order valence-corrected chi connectivity index (χ0v) is 13.3. The third-order valence-electron chi connectivity index (χ3n) is 4.00. The van der Waals surface area contributed by atoms with Crippen molar-refractivity contribution < 1.29 is 9.90 Å². The van der Waals surface area contributed by atoms with Gasteiger partial charge in [-0.05, 0) is 31.6 Å². The van der Waals surface area contributed by atoms with Crippen molar-refractivity contribution in [1.29, 1.82) is 0 Å². The van der Waals surface area contributed by atoms with Crippen molar-refractivity contribution in [2.45, 2.75) is 59.5 Å². The molecule has 0 bridgehead atoms. The molecule has 0 aliphatic heterocycles. The molecule has 0 saturated carbocycles. The van der Waals surface area contributed by atoms with Crippen LogP contribution in [0.1, 0.15) is 53.4 Å². The first-order valence-electron chi connectivity index (χ1n) is 7.70. The fourth-order valence-electron chi connectivity index (χ4n) is 2.68. The number of hydrogen-bond acceptors (Lipinski definition) is 2. The minimum absolute atomic E-state index is 0.146. The summed E-state index contributed by atoms with van der Waals surface area (Å²) < 4.78 is 0. The van der Waals surface area contributed by atoms with Gasteiger partial charge in [0.1, 0.15) is 0 Å². The van der Waals surface area contributed by atoms with E-state index in [2.05, 4.69) is 16.7 Å². The molecule has 0 fully saturated rings. The van der Waals surface area contributed by atoms with Gasteiger partial charge in [-0.3, -0.25) is 0 Å². The summed E-state index contributed by atoms with van der Waals surface area (Å²) in [6, 6.07) is -0.146. The van der Waals surface area contributed by atoms with Gasteiger partial charge >= 0.3 is 6.03 Å². The van der Waals surface area contributed by atoms with E-state index in [4.69, 9.17) is 0 Å². The minimum atomic E-state index is -0.425. The Labute approximate surface area is 123 Å². The third kappa shape index (κ3) is 5.53. The van der Waals surface area contributed by atoms with Crippen molar-refractivity contribution in [3.8, 4) is 0 Å². The zero-order valence-electron chi connectivity index (χ0n) is 13.3. The lowest BCUT2D eigenvalue weighted by molar-refractivity contribution is 0.0151. The third-order valence-corrected chi connectivity index (χ3v) is 4.00. The van der Waals surface area contributed by atoms with Crippen LogP contribution < -0.4 is 10.6 Å². The van der Waals surface area contributed by atoms with Crippen LogP contribution in [0.2, 0.25) is 0 Å². The second-order valence-corrected chi connectivity index (χ2v) is 6.79. The molecule has 20 heavy (non-hydrogen) atoms. The summed E-state index contributed by atoms with van der Waals surface area (Å²) in [5.74, 6) is 0.184. The van der Waals surface area contributed by atoms with Crippen LogP contribution in [0.15, 0.2) is 11.6 Å². The molecule has 116 valence electrons. The first-order chi connectivity index (χ1) is 9.33. The SMILES string of the molecule is CC(C)C(O)C(C)(C)CNC(=O)NCCC1=CCCC1. The Morgan fingerprint density at radius 3 is 2.65 bits per heavy atom. The smallest absolute Gasteiger partial charge is 0.314 e. The van der Waals surface area contributed by atoms with E-state index >= 15 is 0 Å². The normalized spacial score (nSPS) is 17.0. The molecule has 1 unspecified atom stereocenters. The Morgan fingerprint density at radius 2 is 2.10 bits per heavy atom. The van der Waals surface area contributed by atoms with E-state index in [0.717, 1.165) is 6.42 Å². The second kappa shape index (κ2) is 7.67. The van der Waals surface area contributed by atoms with Crippen molar-refractivity contribution in [2.24, 2.45) is 11.3 Å². The van der Waals surface area contributed by atoms with E-state index < -0.39 is 6.10 Å². The van der Waals surface area contributed by atoms with E-state index in [-0.39, 0.29) is 17.4 Å². The van der Waals surface area contributed by atoms with Gasteiger partial charge in [-0.15, -0.1) is 0 Å². The fourth-order valence-corrected chi connectivity index (χ4v) is 2.68. The lowest BCUT2D eigenvalue weighted by Gasteiger charge is -2.33. The number of urea groups is 1. The number of aliphatic hydroxyl groups excluding tert-OH is 1. The Morgan fingerprint density at radius 1 is 1.40 bits per heavy atom. The molecule has 0 aromatic carbocycles. The lowest BCUT2D eigenvalue weighted by atomic mass is 9.81. The van der Waals surface area contributed by atoms with Gasteiger partial charge in [0.25, 0.3) is 0 Å². The van der Waals surface area contributed by atoms with Gasteiger partial charge in [0.15, 0.2) is 0 Å². The molecule has 0 radical (unpaired) electrons. The quantitative estimate of drug-likeness (QED) is 0.629. The van der Waals surface area contributed by atoms with Gasteiger partial charge < -0.3 is 15.7 Å². The van der Waals surface area contributed by atoms with Crippen LogP contribution in [0.25, 0.3) is 0 Å². The predicted molar refractivity (Wildman–Crippen MR) is 82.6 cm³/mol. The maximum Gasteiger partial charge on any atom is 0.314 e. The van der Waals surface area contributed by atoms with Crippen LogP contribution in [0.5, 0.6) is 0 Å². The van der Waals surface area contributed by atoms with Gasteiger partial charge in [0, 0.05) is 18.5 Å². The summed E-state index contributed by atoms with van der Waals surface area (Å²) in [6.45, 7) is 9.08. The number of amides is 2. The summed E-state index contributed by atoms with van der Waals surface area (Å²) in [4.78, 5) is 11.7. The standard InChI is InChI=1S/C16H30N2O2/c1-12(2)14(19)16(3,4)11-18-15(20)17-10-9-13-7-5-6-8-13/h7,12,14,19H,5-6,8-11H2,1-4H3,(H2,17,18,20). The number of carbonyl (C=O) groups excluding carboxylic acids is 1. The maximum absolute atomic E-state index is 11.7. The fraction of sp³-hybridized carbons (Fsp3) is 0.812. The van der Waals surface area contributed by atoms with E-state index in [1.54, 1.807) is 0 Å². The molecule has 0 saturated heterocycles. The largest absolute Gasteiger partial charge is 0.392 e. The number of nitrogens with one attached hydrogen (secondary N) is 2. The van der Waals surface area contributed by atoms with Crippen molar-refractivity contribution in [3.05, 3.63) is 11.6 Å². The minimum Gasteiger partial charge on any atom is -0.392 e. The summed E-state index contributed by atoms with van der Waals surface area (Å²) >= 11 is 0. The highest BCUT2D eigenvalue weighted by atomic mass is 16.3. The molecule has 1 atom stereocenters. The van der Waals surface area contributed by atoms with Crippen molar-refractivity contribution in [2.75, 3.05) is 13.1 Å². The molecule has 0 spiro atoms. The van der Waals surface area contributed by atoms with E-state index in [1.807, 2.05) is 27.7 Å². The van der Waals surface area contributed by atoms with Gasteiger partial charge in [-0.25, -0.2) is 4.79 Å². The van der Waals surface area contributed by atoms with Crippen LogP contribution in [0, 0.1) is 11.3 Å². The average Bonchev–Trinajstić information content (AvgIpc) is 2.88. The molecule has 0 aromatic rings. The van der Waals surface area contributed by atoms with Crippen LogP contribution in [0.4, 0.5) is 4.79 Å². The summed E-state index contributed by atoms with van der Waals surface area (Å²) in [6.07, 6.45) is 6.42. The van der Waals surface area contributed by atoms with Gasteiger partial charge in [-0.1, -0.05) is 39.3 Å². The van der Waals surface area contributed by atoms with Crippen LogP contribution in [0.3, 0.4) is 0 Å². The molecule has 1 rings (SSSR count). The molecule has 1 aliphatic carbocycles. The van der Waals surface area contributed by atoms with Crippen molar-refractivity contribution >= 4 is 6.03 Å². The zero-order chi connectivity index (χ0) is 15.2. The van der Waals surface area contributed by atoms with Crippen molar-refractivity contribution in [1.82, 2.24) is 10.6 Å². The van der Waals surface area contributed by atoms with E-state index in [9.17, 15) is 9.90 Å². The monoisotopic (exact) mass is 282 g/mol. The van der Waals surface area contributed by atoms with Gasteiger partial charge in [0.05, 0.1) is 6.10 Å². The molecule has 3 N–H and O–H groups in total. The first-order valence-corrected chi connectivity index (χ1v) is 7.70.